The zero-order chi connectivity index (χ0) is 26.0. The van der Waals surface area contributed by atoms with Crippen LogP contribution in [0.4, 0.5) is 4.39 Å². The maximum Gasteiger partial charge on any atom is 0.204 e. The minimum Gasteiger partial charge on any atom is -0.494 e. The van der Waals surface area contributed by atoms with Crippen LogP contribution in [0.3, 0.4) is 0 Å². The fourth-order valence-corrected chi connectivity index (χ4v) is 5.06. The van der Waals surface area contributed by atoms with E-state index < -0.39 is 32.8 Å². The summed E-state index contributed by atoms with van der Waals surface area (Å²) in [5.41, 5.74) is 0.419. The smallest absolute Gasteiger partial charge is 0.204 e. The lowest BCUT2D eigenvalue weighted by molar-refractivity contribution is 0.171. The monoisotopic (exact) mass is 516 g/mol. The number of halogens is 1. The number of para-hydroxylation sites is 1. The molecule has 0 amide bonds. The first kappa shape index (κ1) is 25.3. The number of aryl methyl sites for hydroxylation is 1. The SMILES string of the molecule is COc1cccc(OC)c1-n1c(CS(=O)(=O)[C@H](C)[C@H](O)c2ccc(F)cn2)nnc1-c1ccc(C)o1. The van der Waals surface area contributed by atoms with Crippen LogP contribution in [-0.2, 0) is 15.6 Å². The molecule has 0 aliphatic rings. The van der Waals surface area contributed by atoms with E-state index in [1.54, 1.807) is 37.3 Å². The van der Waals surface area contributed by atoms with Crippen LogP contribution < -0.4 is 9.47 Å². The normalized spacial score (nSPS) is 13.4. The average Bonchev–Trinajstić information content (AvgIpc) is 3.48. The molecule has 36 heavy (non-hydrogen) atoms. The van der Waals surface area contributed by atoms with Crippen molar-refractivity contribution in [3.8, 4) is 28.8 Å². The first-order chi connectivity index (χ1) is 17.2. The van der Waals surface area contributed by atoms with Crippen LogP contribution in [0.15, 0.2) is 53.1 Å². The number of methoxy groups -OCH3 is 2. The molecule has 4 aromatic rings. The molecule has 0 spiro atoms. The van der Waals surface area contributed by atoms with Gasteiger partial charge in [-0.05, 0) is 50.2 Å². The van der Waals surface area contributed by atoms with Crippen molar-refractivity contribution in [3.05, 3.63) is 71.8 Å². The molecule has 0 saturated heterocycles. The Morgan fingerprint density at radius 1 is 1.08 bits per heavy atom. The summed E-state index contributed by atoms with van der Waals surface area (Å²) in [5, 5.41) is 17.8. The second-order valence-electron chi connectivity index (χ2n) is 8.06. The highest BCUT2D eigenvalue weighted by Gasteiger charge is 2.33. The number of rotatable bonds is 9. The number of benzene rings is 1. The van der Waals surface area contributed by atoms with E-state index in [-0.39, 0.29) is 17.3 Å². The molecule has 0 radical (unpaired) electrons. The van der Waals surface area contributed by atoms with Crippen LogP contribution in [0, 0.1) is 12.7 Å². The maximum absolute atomic E-state index is 13.4. The number of pyridine rings is 1. The summed E-state index contributed by atoms with van der Waals surface area (Å²) in [7, 11) is -1.07. The first-order valence-corrected chi connectivity index (χ1v) is 12.6. The summed E-state index contributed by atoms with van der Waals surface area (Å²) in [6.45, 7) is 3.12. The topological polar surface area (TPSA) is 130 Å². The average molecular weight is 517 g/mol. The van der Waals surface area contributed by atoms with Crippen LogP contribution in [0.25, 0.3) is 17.3 Å². The number of ether oxygens (including phenoxy) is 2. The third-order valence-electron chi connectivity index (χ3n) is 5.71. The first-order valence-electron chi connectivity index (χ1n) is 10.9. The predicted octanol–water partition coefficient (Wildman–Crippen LogP) is 3.42. The molecule has 0 aliphatic carbocycles. The molecular formula is C24H25FN4O6S. The number of nitrogens with zero attached hydrogens (tertiary/aromatic N) is 4. The molecular weight excluding hydrogens is 491 g/mol. The van der Waals surface area contributed by atoms with Gasteiger partial charge < -0.3 is 19.0 Å². The molecule has 0 aliphatic heterocycles. The lowest BCUT2D eigenvalue weighted by Crippen LogP contribution is -2.28. The van der Waals surface area contributed by atoms with Gasteiger partial charge in [-0.25, -0.2) is 12.8 Å². The van der Waals surface area contributed by atoms with E-state index in [1.165, 1.54) is 31.8 Å². The molecule has 3 heterocycles. The Balaban J connectivity index is 1.81. The summed E-state index contributed by atoms with van der Waals surface area (Å²) in [5.74, 6) is 0.880. The van der Waals surface area contributed by atoms with Gasteiger partial charge in [-0.15, -0.1) is 10.2 Å². The minimum atomic E-state index is -4.02. The number of sulfone groups is 1. The molecule has 0 bridgehead atoms. The van der Waals surface area contributed by atoms with Crippen molar-refractivity contribution in [3.63, 3.8) is 0 Å². The molecule has 0 unspecified atom stereocenters. The zero-order valence-corrected chi connectivity index (χ0v) is 20.9. The van der Waals surface area contributed by atoms with E-state index in [0.29, 0.717) is 28.7 Å². The number of aromatic nitrogens is 4. The van der Waals surface area contributed by atoms with Gasteiger partial charge in [-0.2, -0.15) is 0 Å². The van der Waals surface area contributed by atoms with Gasteiger partial charge in [0.1, 0.15) is 40.6 Å². The predicted molar refractivity (Wildman–Crippen MR) is 128 cm³/mol. The van der Waals surface area contributed by atoms with Gasteiger partial charge in [0, 0.05) is 0 Å². The van der Waals surface area contributed by atoms with Crippen molar-refractivity contribution < 1.29 is 31.8 Å². The molecule has 10 nitrogen and oxygen atoms in total. The highest BCUT2D eigenvalue weighted by molar-refractivity contribution is 7.91. The van der Waals surface area contributed by atoms with Gasteiger partial charge in [0.25, 0.3) is 0 Å². The second kappa shape index (κ2) is 10.1. The number of aliphatic hydroxyl groups is 1. The summed E-state index contributed by atoms with van der Waals surface area (Å²) < 4.78 is 58.3. The van der Waals surface area contributed by atoms with Crippen molar-refractivity contribution in [2.24, 2.45) is 0 Å². The number of furan rings is 1. The summed E-state index contributed by atoms with van der Waals surface area (Å²) in [6.07, 6.45) is -0.569. The second-order valence-corrected chi connectivity index (χ2v) is 10.4. The molecule has 1 N–H and O–H groups in total. The molecule has 12 heteroatoms. The summed E-state index contributed by atoms with van der Waals surface area (Å²) in [6, 6.07) is 10.9. The van der Waals surface area contributed by atoms with Gasteiger partial charge in [0.2, 0.25) is 5.82 Å². The quantitative estimate of drug-likeness (QED) is 0.356. The van der Waals surface area contributed by atoms with Crippen LogP contribution in [0.2, 0.25) is 0 Å². The Bertz CT molecular complexity index is 1440. The minimum absolute atomic E-state index is 0.0343. The van der Waals surface area contributed by atoms with Crippen molar-refractivity contribution in [1.29, 1.82) is 0 Å². The summed E-state index contributed by atoms with van der Waals surface area (Å²) >= 11 is 0. The number of aliphatic hydroxyl groups excluding tert-OH is 1. The van der Waals surface area contributed by atoms with E-state index >= 15 is 0 Å². The Hall–Kier alpha value is -3.77. The molecule has 1 aromatic carbocycles. The van der Waals surface area contributed by atoms with Gasteiger partial charge >= 0.3 is 0 Å². The Labute approximate surface area is 207 Å². The van der Waals surface area contributed by atoms with Crippen molar-refractivity contribution in [2.75, 3.05) is 14.2 Å². The van der Waals surface area contributed by atoms with Gasteiger partial charge in [-0.3, -0.25) is 9.55 Å². The molecule has 0 saturated carbocycles. The van der Waals surface area contributed by atoms with Gasteiger partial charge in [-0.1, -0.05) is 6.07 Å². The van der Waals surface area contributed by atoms with Crippen molar-refractivity contribution in [2.45, 2.75) is 31.0 Å². The lowest BCUT2D eigenvalue weighted by atomic mass is 10.2. The van der Waals surface area contributed by atoms with E-state index in [2.05, 4.69) is 15.2 Å². The van der Waals surface area contributed by atoms with E-state index in [1.807, 2.05) is 0 Å². The molecule has 3 aromatic heterocycles. The molecule has 2 atom stereocenters. The lowest BCUT2D eigenvalue weighted by Gasteiger charge is -2.20. The molecule has 190 valence electrons. The van der Waals surface area contributed by atoms with Crippen LogP contribution in [-0.4, -0.2) is 52.7 Å². The van der Waals surface area contributed by atoms with Crippen LogP contribution in [0.5, 0.6) is 11.5 Å². The third kappa shape index (κ3) is 4.82. The third-order valence-corrected chi connectivity index (χ3v) is 7.76. The highest BCUT2D eigenvalue weighted by atomic mass is 32.2. The van der Waals surface area contributed by atoms with Crippen molar-refractivity contribution in [1.82, 2.24) is 19.7 Å². The van der Waals surface area contributed by atoms with Gasteiger partial charge in [0.05, 0.1) is 31.4 Å². The fourth-order valence-electron chi connectivity index (χ4n) is 3.72. The highest BCUT2D eigenvalue weighted by Crippen LogP contribution is 2.37. The Kier molecular flexibility index (Phi) is 7.09. The maximum atomic E-state index is 13.4. The largest absolute Gasteiger partial charge is 0.494 e. The van der Waals surface area contributed by atoms with Gasteiger partial charge in [0.15, 0.2) is 21.4 Å². The fraction of sp³-hybridized carbons (Fsp3) is 0.292. The Morgan fingerprint density at radius 2 is 1.78 bits per heavy atom. The summed E-state index contributed by atoms with van der Waals surface area (Å²) in [4.78, 5) is 3.81. The standard InChI is InChI=1S/C24H25FN4O6S/c1-14-8-11-20(35-14)24-28-27-21(29(24)22-18(33-3)6-5-7-19(22)34-4)13-36(31,32)15(2)23(30)17-10-9-16(25)12-26-17/h5-12,15,23,30H,13H2,1-4H3/t15-,23+/m1/s1. The van der Waals surface area contributed by atoms with E-state index in [0.717, 1.165) is 12.3 Å². The number of hydrogen-bond acceptors (Lipinski definition) is 9. The van der Waals surface area contributed by atoms with Crippen LogP contribution in [0.1, 0.15) is 30.3 Å². The van der Waals surface area contributed by atoms with Crippen LogP contribution >= 0.6 is 0 Å². The van der Waals surface area contributed by atoms with E-state index in [9.17, 15) is 17.9 Å². The molecule has 4 rings (SSSR count). The van der Waals surface area contributed by atoms with E-state index in [4.69, 9.17) is 13.9 Å². The Morgan fingerprint density at radius 3 is 2.33 bits per heavy atom. The molecule has 0 fully saturated rings. The van der Waals surface area contributed by atoms with Crippen molar-refractivity contribution >= 4 is 9.84 Å². The number of hydrogen-bond donors (Lipinski definition) is 1. The zero-order valence-electron chi connectivity index (χ0n) is 20.0.